The third-order valence-electron chi connectivity index (χ3n) is 2.54. The Morgan fingerprint density at radius 1 is 1.20 bits per heavy atom. The summed E-state index contributed by atoms with van der Waals surface area (Å²) < 4.78 is 5.60. The number of hydrogen-bond acceptors (Lipinski definition) is 1. The molecule has 0 aromatic heterocycles. The lowest BCUT2D eigenvalue weighted by Crippen LogP contribution is -2.29. The average Bonchev–Trinajstić information content (AvgIpc) is 2.05. The summed E-state index contributed by atoms with van der Waals surface area (Å²) in [4.78, 5) is 0. The van der Waals surface area contributed by atoms with Crippen molar-refractivity contribution in [2.45, 2.75) is 31.8 Å². The summed E-state index contributed by atoms with van der Waals surface area (Å²) in [5.41, 5.74) is 0. The van der Waals surface area contributed by atoms with Gasteiger partial charge >= 0.3 is 0 Å². The second-order valence-electron chi connectivity index (χ2n) is 3.25. The standard InChI is InChI=1S/C9H14O/c1-2-6-9-8(4-1)5-3-7-10-9/h3,5,8-9H,1-2,4,6-7H2/t8-,9+/m0/s1. The molecule has 1 fully saturated rings. The van der Waals surface area contributed by atoms with E-state index in [9.17, 15) is 0 Å². The van der Waals surface area contributed by atoms with Crippen molar-refractivity contribution in [3.05, 3.63) is 12.2 Å². The molecule has 0 amide bonds. The smallest absolute Gasteiger partial charge is 0.0651 e. The molecule has 2 rings (SSSR count). The Bertz CT molecular complexity index is 140. The second kappa shape index (κ2) is 2.75. The highest BCUT2D eigenvalue weighted by Crippen LogP contribution is 2.29. The van der Waals surface area contributed by atoms with Crippen LogP contribution in [-0.2, 0) is 4.74 Å². The first-order valence-corrected chi connectivity index (χ1v) is 4.25. The van der Waals surface area contributed by atoms with Crippen LogP contribution >= 0.6 is 0 Å². The summed E-state index contributed by atoms with van der Waals surface area (Å²) in [5.74, 6) is 0.752. The van der Waals surface area contributed by atoms with E-state index in [4.69, 9.17) is 4.74 Å². The lowest BCUT2D eigenvalue weighted by Gasteiger charge is -2.31. The fourth-order valence-electron chi connectivity index (χ4n) is 1.96. The average molecular weight is 138 g/mol. The Kier molecular flexibility index (Phi) is 1.76. The van der Waals surface area contributed by atoms with Crippen LogP contribution in [0.1, 0.15) is 25.7 Å². The Morgan fingerprint density at radius 2 is 2.10 bits per heavy atom. The SMILES string of the molecule is C1=C[C@@H]2CCCC[C@H]2OC1. The van der Waals surface area contributed by atoms with Crippen molar-refractivity contribution in [3.63, 3.8) is 0 Å². The maximum absolute atomic E-state index is 5.60. The molecule has 0 aromatic rings. The summed E-state index contributed by atoms with van der Waals surface area (Å²) in [6.45, 7) is 0.848. The zero-order valence-electron chi connectivity index (χ0n) is 6.25. The molecule has 2 aliphatic rings. The highest BCUT2D eigenvalue weighted by molar-refractivity contribution is 4.97. The fourth-order valence-corrected chi connectivity index (χ4v) is 1.96. The normalized spacial score (nSPS) is 39.2. The summed E-state index contributed by atoms with van der Waals surface area (Å²) in [6, 6.07) is 0. The van der Waals surface area contributed by atoms with Crippen LogP contribution in [0.3, 0.4) is 0 Å². The molecule has 1 heterocycles. The van der Waals surface area contributed by atoms with Crippen molar-refractivity contribution in [3.8, 4) is 0 Å². The molecule has 1 aliphatic heterocycles. The van der Waals surface area contributed by atoms with Crippen LogP contribution in [0.15, 0.2) is 12.2 Å². The van der Waals surface area contributed by atoms with E-state index >= 15 is 0 Å². The molecule has 0 aromatic carbocycles. The van der Waals surface area contributed by atoms with Crippen molar-refractivity contribution >= 4 is 0 Å². The van der Waals surface area contributed by atoms with Crippen LogP contribution in [0.2, 0.25) is 0 Å². The summed E-state index contributed by atoms with van der Waals surface area (Å²) in [6.07, 6.45) is 10.5. The van der Waals surface area contributed by atoms with E-state index < -0.39 is 0 Å². The van der Waals surface area contributed by atoms with Gasteiger partial charge in [-0.05, 0) is 12.8 Å². The van der Waals surface area contributed by atoms with Gasteiger partial charge in [0.1, 0.15) is 0 Å². The van der Waals surface area contributed by atoms with Crippen LogP contribution in [0.5, 0.6) is 0 Å². The van der Waals surface area contributed by atoms with Crippen molar-refractivity contribution in [2.75, 3.05) is 6.61 Å². The van der Waals surface area contributed by atoms with Crippen LogP contribution in [-0.4, -0.2) is 12.7 Å². The molecule has 1 heteroatoms. The first-order chi connectivity index (χ1) is 4.97. The second-order valence-corrected chi connectivity index (χ2v) is 3.25. The summed E-state index contributed by atoms with van der Waals surface area (Å²) in [7, 11) is 0. The van der Waals surface area contributed by atoms with E-state index in [2.05, 4.69) is 12.2 Å². The fraction of sp³-hybridized carbons (Fsp3) is 0.778. The zero-order valence-corrected chi connectivity index (χ0v) is 6.25. The molecule has 0 unspecified atom stereocenters. The van der Waals surface area contributed by atoms with Gasteiger partial charge in [0.15, 0.2) is 0 Å². The van der Waals surface area contributed by atoms with E-state index in [0.29, 0.717) is 6.10 Å². The third-order valence-corrected chi connectivity index (χ3v) is 2.54. The van der Waals surface area contributed by atoms with Gasteiger partial charge < -0.3 is 4.74 Å². The molecule has 0 spiro atoms. The molecule has 1 aliphatic carbocycles. The predicted molar refractivity (Wildman–Crippen MR) is 40.8 cm³/mol. The van der Waals surface area contributed by atoms with Crippen LogP contribution in [0, 0.1) is 5.92 Å². The molecule has 1 saturated carbocycles. The van der Waals surface area contributed by atoms with Gasteiger partial charge in [0, 0.05) is 5.92 Å². The first-order valence-electron chi connectivity index (χ1n) is 4.25. The Labute approximate surface area is 62.1 Å². The van der Waals surface area contributed by atoms with Gasteiger partial charge in [-0.15, -0.1) is 0 Å². The number of fused-ring (bicyclic) bond motifs is 1. The minimum atomic E-state index is 0.568. The Morgan fingerprint density at radius 3 is 3.00 bits per heavy atom. The highest BCUT2D eigenvalue weighted by atomic mass is 16.5. The van der Waals surface area contributed by atoms with Gasteiger partial charge in [0.05, 0.1) is 12.7 Å². The summed E-state index contributed by atoms with van der Waals surface area (Å²) in [5, 5.41) is 0. The number of ether oxygens (including phenoxy) is 1. The molecular weight excluding hydrogens is 124 g/mol. The molecule has 0 radical (unpaired) electrons. The zero-order chi connectivity index (χ0) is 6.81. The van der Waals surface area contributed by atoms with E-state index in [-0.39, 0.29) is 0 Å². The van der Waals surface area contributed by atoms with Gasteiger partial charge in [-0.3, -0.25) is 0 Å². The van der Waals surface area contributed by atoms with Crippen molar-refractivity contribution in [1.29, 1.82) is 0 Å². The van der Waals surface area contributed by atoms with Gasteiger partial charge in [0.25, 0.3) is 0 Å². The van der Waals surface area contributed by atoms with Gasteiger partial charge in [0.2, 0.25) is 0 Å². The lowest BCUT2D eigenvalue weighted by molar-refractivity contribution is 0.00973. The lowest BCUT2D eigenvalue weighted by atomic mass is 9.85. The Hall–Kier alpha value is -0.300. The first kappa shape index (κ1) is 6.41. The van der Waals surface area contributed by atoms with Gasteiger partial charge in [-0.2, -0.15) is 0 Å². The van der Waals surface area contributed by atoms with Gasteiger partial charge in [-0.1, -0.05) is 25.0 Å². The molecule has 0 saturated heterocycles. The molecule has 10 heavy (non-hydrogen) atoms. The monoisotopic (exact) mass is 138 g/mol. The molecule has 1 nitrogen and oxygen atoms in total. The highest BCUT2D eigenvalue weighted by Gasteiger charge is 2.24. The molecule has 56 valence electrons. The largest absolute Gasteiger partial charge is 0.374 e. The Balaban J connectivity index is 2.03. The number of rotatable bonds is 0. The molecule has 2 atom stereocenters. The van der Waals surface area contributed by atoms with Gasteiger partial charge in [-0.25, -0.2) is 0 Å². The van der Waals surface area contributed by atoms with E-state index in [1.165, 1.54) is 25.7 Å². The molecule has 0 bridgehead atoms. The molecular formula is C9H14O. The van der Waals surface area contributed by atoms with Crippen molar-refractivity contribution in [1.82, 2.24) is 0 Å². The van der Waals surface area contributed by atoms with E-state index in [0.717, 1.165) is 12.5 Å². The summed E-state index contributed by atoms with van der Waals surface area (Å²) >= 11 is 0. The molecule has 0 N–H and O–H groups in total. The maximum Gasteiger partial charge on any atom is 0.0651 e. The van der Waals surface area contributed by atoms with Crippen LogP contribution in [0.4, 0.5) is 0 Å². The quantitative estimate of drug-likeness (QED) is 0.466. The topological polar surface area (TPSA) is 9.23 Å². The minimum Gasteiger partial charge on any atom is -0.374 e. The van der Waals surface area contributed by atoms with E-state index in [1.54, 1.807) is 0 Å². The van der Waals surface area contributed by atoms with Crippen LogP contribution < -0.4 is 0 Å². The third kappa shape index (κ3) is 1.10. The van der Waals surface area contributed by atoms with Crippen molar-refractivity contribution in [2.24, 2.45) is 5.92 Å². The number of hydrogen-bond donors (Lipinski definition) is 0. The predicted octanol–water partition coefficient (Wildman–Crippen LogP) is 2.13. The maximum atomic E-state index is 5.60. The van der Waals surface area contributed by atoms with E-state index in [1.807, 2.05) is 0 Å². The van der Waals surface area contributed by atoms with Crippen molar-refractivity contribution < 1.29 is 4.74 Å². The van der Waals surface area contributed by atoms with Crippen LogP contribution in [0.25, 0.3) is 0 Å². The minimum absolute atomic E-state index is 0.568.